The average molecular weight is 273 g/mol. The van der Waals surface area contributed by atoms with Crippen LogP contribution >= 0.6 is 0 Å². The number of hydrogen-bond donors (Lipinski definition) is 1. The summed E-state index contributed by atoms with van der Waals surface area (Å²) >= 11 is 0. The van der Waals surface area contributed by atoms with Crippen molar-refractivity contribution in [2.45, 2.75) is 46.1 Å². The van der Waals surface area contributed by atoms with E-state index in [-0.39, 0.29) is 0 Å². The zero-order valence-electron chi connectivity index (χ0n) is 12.8. The molecule has 0 aliphatic carbocycles. The van der Waals surface area contributed by atoms with Gasteiger partial charge in [0.05, 0.1) is 6.61 Å². The molecule has 1 rings (SSSR count). The molecule has 0 aliphatic heterocycles. The molecule has 0 unspecified atom stereocenters. The molecule has 20 heavy (non-hydrogen) atoms. The van der Waals surface area contributed by atoms with Crippen LogP contribution in [0.5, 0.6) is 5.75 Å². The number of terminal acetylenes is 1. The second kappa shape index (κ2) is 10.3. The van der Waals surface area contributed by atoms with Crippen molar-refractivity contribution >= 4 is 0 Å². The number of nitrogens with one attached hydrogen (secondary N) is 1. The Morgan fingerprint density at radius 2 is 1.95 bits per heavy atom. The van der Waals surface area contributed by atoms with Gasteiger partial charge < -0.3 is 10.1 Å². The second-order valence-electron chi connectivity index (χ2n) is 5.51. The van der Waals surface area contributed by atoms with E-state index in [1.54, 1.807) is 0 Å². The van der Waals surface area contributed by atoms with Gasteiger partial charge in [-0.15, -0.1) is 12.3 Å². The lowest BCUT2D eigenvalue weighted by atomic mass is 10.1. The predicted octanol–water partition coefficient (Wildman–Crippen LogP) is 4.00. The molecular formula is C18H27NO. The Morgan fingerprint density at radius 3 is 2.60 bits per heavy atom. The van der Waals surface area contributed by atoms with E-state index in [1.807, 2.05) is 0 Å². The molecule has 0 amide bonds. The van der Waals surface area contributed by atoms with Gasteiger partial charge in [-0.05, 0) is 49.4 Å². The van der Waals surface area contributed by atoms with Crippen molar-refractivity contribution in [3.05, 3.63) is 29.8 Å². The van der Waals surface area contributed by atoms with E-state index in [4.69, 9.17) is 11.2 Å². The highest BCUT2D eigenvalue weighted by molar-refractivity contribution is 5.27. The van der Waals surface area contributed by atoms with Gasteiger partial charge >= 0.3 is 0 Å². The molecule has 0 fully saturated rings. The summed E-state index contributed by atoms with van der Waals surface area (Å²) < 4.78 is 5.70. The van der Waals surface area contributed by atoms with Crippen LogP contribution < -0.4 is 10.1 Å². The summed E-state index contributed by atoms with van der Waals surface area (Å²) in [6.07, 6.45) is 9.44. The summed E-state index contributed by atoms with van der Waals surface area (Å²) in [6.45, 7) is 7.14. The van der Waals surface area contributed by atoms with Crippen LogP contribution in [0.25, 0.3) is 0 Å². The Hall–Kier alpha value is -1.46. The fourth-order valence-corrected chi connectivity index (χ4v) is 1.83. The lowest BCUT2D eigenvalue weighted by Crippen LogP contribution is -2.14. The van der Waals surface area contributed by atoms with Gasteiger partial charge in [0, 0.05) is 13.0 Å². The highest BCUT2D eigenvalue weighted by Gasteiger charge is 1.98. The van der Waals surface area contributed by atoms with Crippen molar-refractivity contribution in [1.82, 2.24) is 5.32 Å². The summed E-state index contributed by atoms with van der Waals surface area (Å²) in [6, 6.07) is 8.35. The van der Waals surface area contributed by atoms with Crippen LogP contribution in [0.3, 0.4) is 0 Å². The first kappa shape index (κ1) is 16.6. The minimum absolute atomic E-state index is 0.688. The monoisotopic (exact) mass is 273 g/mol. The summed E-state index contributed by atoms with van der Waals surface area (Å²) in [5.74, 6) is 4.31. The van der Waals surface area contributed by atoms with E-state index >= 15 is 0 Å². The smallest absolute Gasteiger partial charge is 0.119 e. The molecule has 0 spiro atoms. The zero-order chi connectivity index (χ0) is 14.6. The van der Waals surface area contributed by atoms with Gasteiger partial charge in [0.25, 0.3) is 0 Å². The fraction of sp³-hybridized carbons (Fsp3) is 0.556. The maximum absolute atomic E-state index is 5.70. The summed E-state index contributed by atoms with van der Waals surface area (Å²) in [4.78, 5) is 0. The van der Waals surface area contributed by atoms with E-state index in [0.717, 1.165) is 51.1 Å². The molecule has 0 atom stereocenters. The predicted molar refractivity (Wildman–Crippen MR) is 85.8 cm³/mol. The van der Waals surface area contributed by atoms with Crippen molar-refractivity contribution < 1.29 is 4.74 Å². The number of unbranched alkanes of at least 4 members (excludes halogenated alkanes) is 2. The number of benzene rings is 1. The van der Waals surface area contributed by atoms with Gasteiger partial charge in [-0.2, -0.15) is 0 Å². The highest BCUT2D eigenvalue weighted by Crippen LogP contribution is 2.13. The molecule has 0 bridgehead atoms. The SMILES string of the molecule is C#CCCCCNCc1ccc(OCCC(C)C)cc1. The third-order valence-corrected chi connectivity index (χ3v) is 3.14. The van der Waals surface area contributed by atoms with E-state index in [1.165, 1.54) is 5.56 Å². The quantitative estimate of drug-likeness (QED) is 0.514. The summed E-state index contributed by atoms with van der Waals surface area (Å²) in [7, 11) is 0. The van der Waals surface area contributed by atoms with Crippen LogP contribution in [0.2, 0.25) is 0 Å². The van der Waals surface area contributed by atoms with E-state index in [2.05, 4.69) is 49.4 Å². The molecule has 0 radical (unpaired) electrons. The van der Waals surface area contributed by atoms with Gasteiger partial charge in [-0.1, -0.05) is 26.0 Å². The molecule has 2 nitrogen and oxygen atoms in total. The van der Waals surface area contributed by atoms with E-state index in [9.17, 15) is 0 Å². The standard InChI is InChI=1S/C18H27NO/c1-4-5-6-7-13-19-15-17-8-10-18(11-9-17)20-14-12-16(2)3/h1,8-11,16,19H,5-7,12-15H2,2-3H3. The van der Waals surface area contributed by atoms with E-state index < -0.39 is 0 Å². The summed E-state index contributed by atoms with van der Waals surface area (Å²) in [5.41, 5.74) is 1.29. The molecule has 110 valence electrons. The molecule has 1 N–H and O–H groups in total. The maximum atomic E-state index is 5.70. The van der Waals surface area contributed by atoms with Gasteiger partial charge in [0.1, 0.15) is 5.75 Å². The minimum Gasteiger partial charge on any atom is -0.494 e. The van der Waals surface area contributed by atoms with Crippen molar-refractivity contribution in [2.75, 3.05) is 13.2 Å². The first-order valence-electron chi connectivity index (χ1n) is 7.58. The molecule has 0 saturated carbocycles. The zero-order valence-corrected chi connectivity index (χ0v) is 12.8. The third kappa shape index (κ3) is 7.86. The van der Waals surface area contributed by atoms with Gasteiger partial charge in [-0.3, -0.25) is 0 Å². The maximum Gasteiger partial charge on any atom is 0.119 e. The van der Waals surface area contributed by atoms with Crippen molar-refractivity contribution in [2.24, 2.45) is 5.92 Å². The molecule has 2 heteroatoms. The Balaban J connectivity index is 2.17. The largest absolute Gasteiger partial charge is 0.494 e. The van der Waals surface area contributed by atoms with Gasteiger partial charge in [0.2, 0.25) is 0 Å². The van der Waals surface area contributed by atoms with Crippen molar-refractivity contribution in [1.29, 1.82) is 0 Å². The summed E-state index contributed by atoms with van der Waals surface area (Å²) in [5, 5.41) is 3.43. The normalized spacial score (nSPS) is 10.5. The van der Waals surface area contributed by atoms with E-state index in [0.29, 0.717) is 5.92 Å². The van der Waals surface area contributed by atoms with Gasteiger partial charge in [-0.25, -0.2) is 0 Å². The Bertz CT molecular complexity index is 389. The van der Waals surface area contributed by atoms with Crippen LogP contribution in [0.1, 0.15) is 45.1 Å². The topological polar surface area (TPSA) is 21.3 Å². The molecule has 0 heterocycles. The first-order valence-corrected chi connectivity index (χ1v) is 7.58. The second-order valence-corrected chi connectivity index (χ2v) is 5.51. The molecular weight excluding hydrogens is 246 g/mol. The average Bonchev–Trinajstić information content (AvgIpc) is 2.44. The Morgan fingerprint density at radius 1 is 1.20 bits per heavy atom. The molecule has 1 aromatic carbocycles. The molecule has 1 aromatic rings. The molecule has 0 aliphatic rings. The fourth-order valence-electron chi connectivity index (χ4n) is 1.83. The van der Waals surface area contributed by atoms with Crippen LogP contribution in [0, 0.1) is 18.3 Å². The lowest BCUT2D eigenvalue weighted by Gasteiger charge is -2.09. The van der Waals surface area contributed by atoms with Crippen LogP contribution in [0.4, 0.5) is 0 Å². The molecule has 0 aromatic heterocycles. The molecule has 0 saturated heterocycles. The highest BCUT2D eigenvalue weighted by atomic mass is 16.5. The van der Waals surface area contributed by atoms with Gasteiger partial charge in [0.15, 0.2) is 0 Å². The Labute approximate surface area is 123 Å². The van der Waals surface area contributed by atoms with Crippen molar-refractivity contribution in [3.63, 3.8) is 0 Å². The number of rotatable bonds is 10. The first-order chi connectivity index (χ1) is 9.72. The number of ether oxygens (including phenoxy) is 1. The minimum atomic E-state index is 0.688. The Kier molecular flexibility index (Phi) is 8.58. The number of hydrogen-bond acceptors (Lipinski definition) is 2. The lowest BCUT2D eigenvalue weighted by molar-refractivity contribution is 0.289. The van der Waals surface area contributed by atoms with Crippen LogP contribution in [-0.2, 0) is 6.54 Å². The third-order valence-electron chi connectivity index (χ3n) is 3.14. The van der Waals surface area contributed by atoms with Crippen molar-refractivity contribution in [3.8, 4) is 18.1 Å². The van der Waals surface area contributed by atoms with Crippen LogP contribution in [0.15, 0.2) is 24.3 Å². The van der Waals surface area contributed by atoms with Crippen LogP contribution in [-0.4, -0.2) is 13.2 Å².